The largest absolute Gasteiger partial charge is 0.477 e. The molecule has 1 saturated heterocycles. The number of ether oxygens (including phenoxy) is 1. The van der Waals surface area contributed by atoms with E-state index in [2.05, 4.69) is 10.1 Å². The number of nitrogens with two attached hydrogens (primary N) is 1. The third-order valence-electron chi connectivity index (χ3n) is 5.70. The summed E-state index contributed by atoms with van der Waals surface area (Å²) in [7, 11) is 0. The van der Waals surface area contributed by atoms with Crippen molar-refractivity contribution in [2.75, 3.05) is 26.3 Å². The summed E-state index contributed by atoms with van der Waals surface area (Å²) in [6.07, 6.45) is 0. The maximum absolute atomic E-state index is 14.9. The van der Waals surface area contributed by atoms with Crippen molar-refractivity contribution in [3.63, 3.8) is 0 Å². The van der Waals surface area contributed by atoms with Gasteiger partial charge < -0.3 is 25.0 Å². The van der Waals surface area contributed by atoms with Gasteiger partial charge >= 0.3 is 5.97 Å². The third kappa shape index (κ3) is 4.88. The van der Waals surface area contributed by atoms with Crippen molar-refractivity contribution in [2.24, 2.45) is 10.7 Å². The van der Waals surface area contributed by atoms with Crippen LogP contribution in [0.15, 0.2) is 58.0 Å². The van der Waals surface area contributed by atoms with Crippen molar-refractivity contribution in [2.45, 2.75) is 19.4 Å². The number of aromatic carboxylic acids is 1. The third-order valence-corrected chi connectivity index (χ3v) is 5.70. The fourth-order valence-corrected chi connectivity index (χ4v) is 3.82. The minimum absolute atomic E-state index is 0.0393. The Morgan fingerprint density at radius 1 is 1.24 bits per heavy atom. The molecule has 9 heteroatoms. The summed E-state index contributed by atoms with van der Waals surface area (Å²) >= 11 is 0. The van der Waals surface area contributed by atoms with Crippen LogP contribution in [-0.4, -0.2) is 53.4 Å². The van der Waals surface area contributed by atoms with Crippen molar-refractivity contribution in [1.82, 2.24) is 10.1 Å². The van der Waals surface area contributed by atoms with Crippen LogP contribution in [0.25, 0.3) is 11.1 Å². The molecule has 1 atom stereocenters. The highest BCUT2D eigenvalue weighted by Gasteiger charge is 2.27. The number of nitrogens with zero attached hydrogens (tertiary/aromatic N) is 3. The predicted octanol–water partition coefficient (Wildman–Crippen LogP) is 3.48. The van der Waals surface area contributed by atoms with E-state index in [0.29, 0.717) is 43.4 Å². The Hall–Kier alpha value is -3.72. The van der Waals surface area contributed by atoms with E-state index in [-0.39, 0.29) is 23.6 Å². The monoisotopic (exact) mass is 452 g/mol. The molecule has 8 nitrogen and oxygen atoms in total. The van der Waals surface area contributed by atoms with Crippen LogP contribution in [0.2, 0.25) is 0 Å². The van der Waals surface area contributed by atoms with E-state index in [1.807, 2.05) is 35.2 Å². The molecule has 1 unspecified atom stereocenters. The average Bonchev–Trinajstić information content (AvgIpc) is 3.27. The lowest BCUT2D eigenvalue weighted by Gasteiger charge is -2.27. The maximum Gasteiger partial charge on any atom is 0.341 e. The molecule has 0 radical (unpaired) electrons. The molecule has 4 rings (SSSR count). The van der Waals surface area contributed by atoms with Crippen LogP contribution >= 0.6 is 0 Å². The number of aliphatic imine (C=N–C) groups is 1. The number of benzene rings is 2. The second-order valence-electron chi connectivity index (χ2n) is 7.77. The average molecular weight is 452 g/mol. The van der Waals surface area contributed by atoms with E-state index < -0.39 is 17.7 Å². The van der Waals surface area contributed by atoms with Gasteiger partial charge in [-0.3, -0.25) is 0 Å². The number of hydrogen-bond donors (Lipinski definition) is 2. The Labute approximate surface area is 190 Å². The first-order valence-electron chi connectivity index (χ1n) is 10.6. The molecule has 172 valence electrons. The Balaban J connectivity index is 1.58. The zero-order valence-electron chi connectivity index (χ0n) is 18.2. The molecule has 0 bridgehead atoms. The lowest BCUT2D eigenvalue weighted by atomic mass is 9.93. The van der Waals surface area contributed by atoms with Gasteiger partial charge in [0.2, 0.25) is 0 Å². The number of halogens is 1. The van der Waals surface area contributed by atoms with E-state index in [0.717, 1.165) is 5.56 Å². The summed E-state index contributed by atoms with van der Waals surface area (Å²) < 4.78 is 25.6. The van der Waals surface area contributed by atoms with Crippen molar-refractivity contribution in [3.8, 4) is 11.1 Å². The van der Waals surface area contributed by atoms with Gasteiger partial charge in [0.15, 0.2) is 11.7 Å². The molecule has 3 N–H and O–H groups in total. The van der Waals surface area contributed by atoms with Crippen molar-refractivity contribution in [3.05, 3.63) is 76.9 Å². The lowest BCUT2D eigenvalue weighted by molar-refractivity contribution is 0.0674. The van der Waals surface area contributed by atoms with Crippen LogP contribution in [0.5, 0.6) is 0 Å². The van der Waals surface area contributed by atoms with Crippen molar-refractivity contribution < 1.29 is 23.6 Å². The first kappa shape index (κ1) is 22.5. The van der Waals surface area contributed by atoms with Gasteiger partial charge in [-0.1, -0.05) is 54.5 Å². The second-order valence-corrected chi connectivity index (χ2v) is 7.77. The van der Waals surface area contributed by atoms with Gasteiger partial charge in [-0.25, -0.2) is 14.2 Å². The highest BCUT2D eigenvalue weighted by Crippen LogP contribution is 2.32. The molecule has 1 aromatic heterocycles. The van der Waals surface area contributed by atoms with Crippen LogP contribution in [0.1, 0.15) is 40.2 Å². The molecule has 0 amide bonds. The van der Waals surface area contributed by atoms with Gasteiger partial charge in [0, 0.05) is 24.6 Å². The summed E-state index contributed by atoms with van der Waals surface area (Å²) in [5.41, 5.74) is 7.93. The first-order chi connectivity index (χ1) is 16.0. The van der Waals surface area contributed by atoms with Gasteiger partial charge in [0.25, 0.3) is 0 Å². The van der Waals surface area contributed by atoms with Crippen LogP contribution in [0.4, 0.5) is 4.39 Å². The summed E-state index contributed by atoms with van der Waals surface area (Å²) in [4.78, 5) is 18.2. The van der Waals surface area contributed by atoms with Crippen molar-refractivity contribution >= 4 is 11.9 Å². The summed E-state index contributed by atoms with van der Waals surface area (Å²) in [6, 6.07) is 14.1. The van der Waals surface area contributed by atoms with E-state index in [4.69, 9.17) is 15.0 Å². The highest BCUT2D eigenvalue weighted by molar-refractivity contribution is 5.90. The topological polar surface area (TPSA) is 114 Å². The normalized spacial score (nSPS) is 15.5. The fourth-order valence-electron chi connectivity index (χ4n) is 3.82. The minimum atomic E-state index is -1.19. The first-order valence-corrected chi connectivity index (χ1v) is 10.6. The standard InChI is InChI=1S/C24H25FN4O4/c1-15(17-7-8-18(19(25)13-17)16-5-3-2-4-6-16)22-21(23(30)31)20(28-33-22)14-27-24(26)29-9-11-32-12-10-29/h2-8,13,15H,9-12,14H2,1H3,(H2,26,27)(H,30,31). The molecule has 2 heterocycles. The number of carboxylic acid groups (broad SMARTS) is 1. The number of aromatic nitrogens is 1. The molecular weight excluding hydrogens is 427 g/mol. The van der Waals surface area contributed by atoms with Gasteiger partial charge in [0.05, 0.1) is 19.8 Å². The van der Waals surface area contributed by atoms with Gasteiger partial charge in [-0.05, 0) is 17.2 Å². The number of morpholine rings is 1. The van der Waals surface area contributed by atoms with E-state index in [9.17, 15) is 14.3 Å². The van der Waals surface area contributed by atoms with Crippen LogP contribution in [-0.2, 0) is 11.3 Å². The van der Waals surface area contributed by atoms with Gasteiger partial charge in [-0.2, -0.15) is 0 Å². The lowest BCUT2D eigenvalue weighted by Crippen LogP contribution is -2.44. The smallest absolute Gasteiger partial charge is 0.341 e. The Kier molecular flexibility index (Phi) is 6.69. The minimum Gasteiger partial charge on any atom is -0.477 e. The van der Waals surface area contributed by atoms with E-state index in [1.54, 1.807) is 19.1 Å². The predicted molar refractivity (Wildman–Crippen MR) is 121 cm³/mol. The molecule has 2 aromatic carbocycles. The van der Waals surface area contributed by atoms with Crippen molar-refractivity contribution in [1.29, 1.82) is 0 Å². The number of guanidine groups is 1. The summed E-state index contributed by atoms with van der Waals surface area (Å²) in [6.45, 7) is 4.06. The van der Waals surface area contributed by atoms with Crippen LogP contribution < -0.4 is 5.73 Å². The van der Waals surface area contributed by atoms with Gasteiger partial charge in [-0.15, -0.1) is 0 Å². The summed E-state index contributed by atoms with van der Waals surface area (Å²) in [5.74, 6) is -1.67. The van der Waals surface area contributed by atoms with E-state index >= 15 is 0 Å². The second kappa shape index (κ2) is 9.83. The molecule has 1 fully saturated rings. The molecule has 0 saturated carbocycles. The molecule has 0 spiro atoms. The molecule has 1 aliphatic rings. The molecular formula is C24H25FN4O4. The Morgan fingerprint density at radius 3 is 2.64 bits per heavy atom. The zero-order chi connectivity index (χ0) is 23.4. The summed E-state index contributed by atoms with van der Waals surface area (Å²) in [5, 5.41) is 13.7. The highest BCUT2D eigenvalue weighted by atomic mass is 19.1. The number of carbonyl (C=O) groups is 1. The SMILES string of the molecule is CC(c1ccc(-c2ccccc2)c(F)c1)c1onc(C/N=C(\N)N2CCOCC2)c1C(=O)O. The maximum atomic E-state index is 14.9. The number of carboxylic acids is 1. The molecule has 33 heavy (non-hydrogen) atoms. The molecule has 1 aliphatic heterocycles. The number of hydrogen-bond acceptors (Lipinski definition) is 5. The van der Waals surface area contributed by atoms with E-state index in [1.165, 1.54) is 6.07 Å². The number of rotatable bonds is 6. The van der Waals surface area contributed by atoms with Crippen LogP contribution in [0, 0.1) is 5.82 Å². The Morgan fingerprint density at radius 2 is 1.97 bits per heavy atom. The molecule has 0 aliphatic carbocycles. The quantitative estimate of drug-likeness (QED) is 0.435. The van der Waals surface area contributed by atoms with Gasteiger partial charge in [0.1, 0.15) is 17.1 Å². The molecule has 3 aromatic rings. The van der Waals surface area contributed by atoms with Crippen LogP contribution in [0.3, 0.4) is 0 Å². The fraction of sp³-hybridized carbons (Fsp3) is 0.292. The Bertz CT molecular complexity index is 1160. The zero-order valence-corrected chi connectivity index (χ0v) is 18.2.